The van der Waals surface area contributed by atoms with Crippen LogP contribution < -0.4 is 10.2 Å². The second-order valence-electron chi connectivity index (χ2n) is 10.8. The van der Waals surface area contributed by atoms with Crippen LogP contribution in [-0.2, 0) is 14.0 Å². The summed E-state index contributed by atoms with van der Waals surface area (Å²) in [6, 6.07) is 0.351. The fourth-order valence-electron chi connectivity index (χ4n) is 3.83. The van der Waals surface area contributed by atoms with Gasteiger partial charge in [-0.25, -0.2) is 14.8 Å². The number of nitrogens with zero attached hydrogens (tertiary/aromatic N) is 3. The van der Waals surface area contributed by atoms with Gasteiger partial charge in [0.15, 0.2) is 0 Å². The van der Waals surface area contributed by atoms with Gasteiger partial charge in [0.1, 0.15) is 5.60 Å². The third kappa shape index (κ3) is 6.35. The summed E-state index contributed by atoms with van der Waals surface area (Å²) in [5, 5.41) is 0. The first-order valence-electron chi connectivity index (χ1n) is 11.6. The van der Waals surface area contributed by atoms with Gasteiger partial charge >= 0.3 is 19.2 Å². The minimum Gasteiger partial charge on any atom is -0.463 e. The van der Waals surface area contributed by atoms with Crippen molar-refractivity contribution >= 4 is 18.7 Å². The van der Waals surface area contributed by atoms with Crippen molar-refractivity contribution in [2.24, 2.45) is 5.92 Å². The molecule has 1 aromatic heterocycles. The highest BCUT2D eigenvalue weighted by molar-refractivity contribution is 6.61. The molecular weight excluding hydrogens is 409 g/mol. The van der Waals surface area contributed by atoms with Crippen molar-refractivity contribution in [2.45, 2.75) is 91.0 Å². The van der Waals surface area contributed by atoms with Gasteiger partial charge in [0.05, 0.1) is 17.8 Å². The zero-order valence-electron chi connectivity index (χ0n) is 20.6. The summed E-state index contributed by atoms with van der Waals surface area (Å²) in [4.78, 5) is 22.8. The van der Waals surface area contributed by atoms with E-state index in [0.29, 0.717) is 18.5 Å². The topological polar surface area (TPSA) is 83.0 Å². The van der Waals surface area contributed by atoms with Crippen molar-refractivity contribution in [3.8, 4) is 6.01 Å². The maximum atomic E-state index is 12.3. The Morgan fingerprint density at radius 3 is 2.41 bits per heavy atom. The van der Waals surface area contributed by atoms with Crippen LogP contribution >= 0.6 is 0 Å². The van der Waals surface area contributed by atoms with Gasteiger partial charge in [-0.05, 0) is 80.1 Å². The number of carbonyl (C=O) groups is 1. The molecule has 0 radical (unpaired) electrons. The largest absolute Gasteiger partial charge is 0.498 e. The predicted octanol–water partition coefficient (Wildman–Crippen LogP) is 3.58. The van der Waals surface area contributed by atoms with E-state index in [2.05, 4.69) is 9.97 Å². The summed E-state index contributed by atoms with van der Waals surface area (Å²) < 4.78 is 23.3. The highest BCUT2D eigenvalue weighted by Crippen LogP contribution is 2.36. The number of carbonyl (C=O) groups excluding carboxylic acids is 1. The summed E-state index contributed by atoms with van der Waals surface area (Å²) in [5.41, 5.74) is -0.480. The third-order valence-corrected chi connectivity index (χ3v) is 6.33. The van der Waals surface area contributed by atoms with Gasteiger partial charge in [-0.2, -0.15) is 0 Å². The highest BCUT2D eigenvalue weighted by Gasteiger charge is 2.52. The molecule has 3 heterocycles. The second-order valence-corrected chi connectivity index (χ2v) is 10.8. The molecule has 178 valence electrons. The van der Waals surface area contributed by atoms with Crippen molar-refractivity contribution in [3.05, 3.63) is 12.4 Å². The first-order chi connectivity index (χ1) is 14.9. The molecule has 2 fully saturated rings. The number of rotatable bonds is 6. The highest BCUT2D eigenvalue weighted by atomic mass is 16.7. The lowest BCUT2D eigenvalue weighted by molar-refractivity contribution is 0.00578. The van der Waals surface area contributed by atoms with E-state index in [-0.39, 0.29) is 6.09 Å². The molecule has 0 aliphatic carbocycles. The smallest absolute Gasteiger partial charge is 0.463 e. The Morgan fingerprint density at radius 1 is 1.19 bits per heavy atom. The molecule has 1 aromatic rings. The van der Waals surface area contributed by atoms with E-state index >= 15 is 0 Å². The van der Waals surface area contributed by atoms with Crippen LogP contribution in [-0.4, -0.2) is 64.6 Å². The summed E-state index contributed by atoms with van der Waals surface area (Å²) in [5.74, 6) is 0.464. The van der Waals surface area contributed by atoms with Crippen LogP contribution in [0, 0.1) is 5.92 Å². The lowest BCUT2D eigenvalue weighted by Crippen LogP contribution is -2.42. The van der Waals surface area contributed by atoms with Crippen LogP contribution in [0.25, 0.3) is 0 Å². The van der Waals surface area contributed by atoms with Gasteiger partial charge in [0.2, 0.25) is 0 Å². The Morgan fingerprint density at radius 2 is 1.81 bits per heavy atom. The normalized spacial score (nSPS) is 22.7. The van der Waals surface area contributed by atoms with Crippen molar-refractivity contribution in [3.63, 3.8) is 0 Å². The molecule has 2 aliphatic rings. The lowest BCUT2D eigenvalue weighted by Gasteiger charge is -2.34. The maximum Gasteiger partial charge on any atom is 0.498 e. The van der Waals surface area contributed by atoms with Crippen molar-refractivity contribution in [1.82, 2.24) is 14.9 Å². The van der Waals surface area contributed by atoms with E-state index in [1.54, 1.807) is 12.4 Å². The Hall–Kier alpha value is -1.87. The molecule has 0 saturated carbocycles. The molecular formula is C23H38BN3O5. The Labute approximate surface area is 192 Å². The van der Waals surface area contributed by atoms with E-state index in [1.807, 2.05) is 53.4 Å². The zero-order chi connectivity index (χ0) is 23.6. The van der Waals surface area contributed by atoms with Gasteiger partial charge in [-0.15, -0.1) is 0 Å². The number of hydrogen-bond acceptors (Lipinski definition) is 7. The molecule has 0 aromatic carbocycles. The van der Waals surface area contributed by atoms with E-state index < -0.39 is 23.9 Å². The van der Waals surface area contributed by atoms with Crippen LogP contribution in [0.2, 0.25) is 0 Å². The summed E-state index contributed by atoms with van der Waals surface area (Å²) in [6.45, 7) is 15.8. The average Bonchev–Trinajstić information content (AvgIpc) is 2.92. The number of hydrogen-bond donors (Lipinski definition) is 0. The minimum absolute atomic E-state index is 0.214. The molecule has 1 amide bonds. The standard InChI is InChI=1S/C23H38BN3O5/c1-21(2,3)30-20(28)27-12-8-10-17(16-27)11-9-13-29-19-25-14-18(15-26-19)24-31-22(4,5)23(6,7)32-24/h14-15,17H,8-13,16H2,1-7H3/t17-/m0/s1. The predicted molar refractivity (Wildman–Crippen MR) is 123 cm³/mol. The average molecular weight is 447 g/mol. The van der Waals surface area contributed by atoms with Gasteiger partial charge in [0, 0.05) is 30.9 Å². The van der Waals surface area contributed by atoms with Crippen LogP contribution in [0.4, 0.5) is 4.79 Å². The molecule has 0 bridgehead atoms. The summed E-state index contributed by atoms with van der Waals surface area (Å²) in [6.07, 6.45) is 7.19. The van der Waals surface area contributed by atoms with Gasteiger partial charge in [-0.3, -0.25) is 0 Å². The molecule has 0 N–H and O–H groups in total. The second kappa shape index (κ2) is 9.55. The lowest BCUT2D eigenvalue weighted by atomic mass is 9.81. The first kappa shape index (κ1) is 24.8. The summed E-state index contributed by atoms with van der Waals surface area (Å²) >= 11 is 0. The molecule has 3 rings (SSSR count). The van der Waals surface area contributed by atoms with Gasteiger partial charge < -0.3 is 23.7 Å². The van der Waals surface area contributed by atoms with E-state index in [4.69, 9.17) is 18.8 Å². The van der Waals surface area contributed by atoms with Gasteiger partial charge in [-0.1, -0.05) is 0 Å². The first-order valence-corrected chi connectivity index (χ1v) is 11.6. The number of ether oxygens (including phenoxy) is 2. The van der Waals surface area contributed by atoms with Crippen LogP contribution in [0.3, 0.4) is 0 Å². The molecule has 8 nitrogen and oxygen atoms in total. The van der Waals surface area contributed by atoms with E-state index in [1.165, 1.54) is 0 Å². The molecule has 0 spiro atoms. The molecule has 1 atom stereocenters. The number of aromatic nitrogens is 2. The van der Waals surface area contributed by atoms with Gasteiger partial charge in [0.25, 0.3) is 0 Å². The van der Waals surface area contributed by atoms with Crippen LogP contribution in [0.5, 0.6) is 6.01 Å². The Balaban J connectivity index is 1.40. The number of piperidine rings is 1. The number of amides is 1. The number of likely N-dealkylation sites (tertiary alicyclic amines) is 1. The van der Waals surface area contributed by atoms with Crippen molar-refractivity contribution in [2.75, 3.05) is 19.7 Å². The van der Waals surface area contributed by atoms with Crippen molar-refractivity contribution < 1.29 is 23.6 Å². The Kier molecular flexibility index (Phi) is 7.39. The zero-order valence-corrected chi connectivity index (χ0v) is 20.6. The van der Waals surface area contributed by atoms with Crippen molar-refractivity contribution in [1.29, 1.82) is 0 Å². The van der Waals surface area contributed by atoms with Crippen LogP contribution in [0.1, 0.15) is 74.1 Å². The fourth-order valence-corrected chi connectivity index (χ4v) is 3.83. The summed E-state index contributed by atoms with van der Waals surface area (Å²) in [7, 11) is -0.478. The molecule has 2 aliphatic heterocycles. The minimum atomic E-state index is -0.478. The quantitative estimate of drug-likeness (QED) is 0.487. The molecule has 32 heavy (non-hydrogen) atoms. The molecule has 9 heteroatoms. The Bertz CT molecular complexity index is 763. The fraction of sp³-hybridized carbons (Fsp3) is 0.783. The molecule has 0 unspecified atom stereocenters. The SMILES string of the molecule is CC(C)(C)OC(=O)N1CCC[C@@H](CCCOc2ncc(B3OC(C)(C)C(C)(C)O3)cn2)C1. The molecule has 2 saturated heterocycles. The maximum absolute atomic E-state index is 12.3. The third-order valence-electron chi connectivity index (χ3n) is 6.33. The van der Waals surface area contributed by atoms with Crippen LogP contribution in [0.15, 0.2) is 12.4 Å². The monoisotopic (exact) mass is 447 g/mol. The van der Waals surface area contributed by atoms with E-state index in [0.717, 1.165) is 44.2 Å². The van der Waals surface area contributed by atoms with E-state index in [9.17, 15) is 4.79 Å².